The smallest absolute Gasteiger partial charge is 0.0858 e. The molecule has 0 radical (unpaired) electrons. The Balaban J connectivity index is 2.56. The zero-order valence-corrected chi connectivity index (χ0v) is 11.7. The van der Waals surface area contributed by atoms with Crippen LogP contribution in [0.3, 0.4) is 0 Å². The van der Waals surface area contributed by atoms with E-state index in [9.17, 15) is 0 Å². The van der Waals surface area contributed by atoms with Crippen molar-refractivity contribution in [1.29, 1.82) is 0 Å². The van der Waals surface area contributed by atoms with Gasteiger partial charge in [0.05, 0.1) is 16.4 Å². The van der Waals surface area contributed by atoms with Gasteiger partial charge in [-0.1, -0.05) is 25.4 Å². The lowest BCUT2D eigenvalue weighted by Gasteiger charge is -2.07. The summed E-state index contributed by atoms with van der Waals surface area (Å²) in [5.74, 6) is 2.54. The highest BCUT2D eigenvalue weighted by Crippen LogP contribution is 2.25. The topological polar surface area (TPSA) is 43.8 Å². The van der Waals surface area contributed by atoms with Crippen LogP contribution in [0.25, 0.3) is 0 Å². The van der Waals surface area contributed by atoms with Crippen molar-refractivity contribution >= 4 is 23.4 Å². The first kappa shape index (κ1) is 13.9. The lowest BCUT2D eigenvalue weighted by atomic mass is 10.2. The number of aromatic nitrogens is 2. The minimum atomic E-state index is 0.558. The molecule has 0 bridgehead atoms. The summed E-state index contributed by atoms with van der Waals surface area (Å²) >= 11 is 8.12. The quantitative estimate of drug-likeness (QED) is 0.856. The molecule has 0 saturated carbocycles. The van der Waals surface area contributed by atoms with E-state index in [1.165, 1.54) is 0 Å². The Bertz CT molecular complexity index is 338. The number of nitrogens with two attached hydrogens (primary N) is 1. The predicted octanol–water partition coefficient (Wildman–Crippen LogP) is 2.46. The Morgan fingerprint density at radius 1 is 1.56 bits per heavy atom. The highest BCUT2D eigenvalue weighted by molar-refractivity contribution is 7.98. The third-order valence-corrected chi connectivity index (χ3v) is 4.27. The predicted molar refractivity (Wildman–Crippen MR) is 72.0 cm³/mol. The van der Waals surface area contributed by atoms with E-state index in [2.05, 4.69) is 18.9 Å². The second-order valence-electron chi connectivity index (χ2n) is 4.04. The lowest BCUT2D eigenvalue weighted by molar-refractivity contribution is 0.674. The second-order valence-corrected chi connectivity index (χ2v) is 5.45. The molecule has 16 heavy (non-hydrogen) atoms. The van der Waals surface area contributed by atoms with Crippen LogP contribution < -0.4 is 5.73 Å². The minimum Gasteiger partial charge on any atom is -0.330 e. The standard InChI is InChI=1S/C11H20ClN3S/c1-4-9-11(12)10(15(3)14-9)7-16-6-8(2)5-13/h8H,4-7,13H2,1-3H3. The molecule has 92 valence electrons. The molecule has 0 spiro atoms. The van der Waals surface area contributed by atoms with Crippen LogP contribution in [0.15, 0.2) is 0 Å². The fraction of sp³-hybridized carbons (Fsp3) is 0.727. The molecule has 0 amide bonds. The van der Waals surface area contributed by atoms with Crippen molar-refractivity contribution < 1.29 is 0 Å². The van der Waals surface area contributed by atoms with E-state index >= 15 is 0 Å². The molecular weight excluding hydrogens is 242 g/mol. The van der Waals surface area contributed by atoms with E-state index in [1.807, 2.05) is 23.5 Å². The summed E-state index contributed by atoms with van der Waals surface area (Å²) in [6.45, 7) is 4.98. The van der Waals surface area contributed by atoms with Gasteiger partial charge in [-0.25, -0.2) is 0 Å². The highest BCUT2D eigenvalue weighted by Gasteiger charge is 2.12. The van der Waals surface area contributed by atoms with Gasteiger partial charge in [0.2, 0.25) is 0 Å². The maximum absolute atomic E-state index is 6.26. The van der Waals surface area contributed by atoms with Crippen LogP contribution in [0.1, 0.15) is 25.2 Å². The fourth-order valence-electron chi connectivity index (χ4n) is 1.40. The van der Waals surface area contributed by atoms with Gasteiger partial charge >= 0.3 is 0 Å². The van der Waals surface area contributed by atoms with E-state index in [0.29, 0.717) is 5.92 Å². The molecule has 0 aliphatic carbocycles. The van der Waals surface area contributed by atoms with Gasteiger partial charge in [0, 0.05) is 12.8 Å². The number of aryl methyl sites for hydroxylation is 2. The molecule has 1 heterocycles. The normalized spacial score (nSPS) is 13.1. The number of thioether (sulfide) groups is 1. The molecule has 0 aliphatic heterocycles. The van der Waals surface area contributed by atoms with Crippen molar-refractivity contribution in [3.63, 3.8) is 0 Å². The zero-order chi connectivity index (χ0) is 12.1. The third kappa shape index (κ3) is 3.40. The van der Waals surface area contributed by atoms with E-state index < -0.39 is 0 Å². The summed E-state index contributed by atoms with van der Waals surface area (Å²) < 4.78 is 1.89. The molecule has 1 aromatic rings. The first-order valence-corrected chi connectivity index (χ1v) is 7.11. The molecule has 1 rings (SSSR count). The lowest BCUT2D eigenvalue weighted by Crippen LogP contribution is -2.13. The summed E-state index contributed by atoms with van der Waals surface area (Å²) in [4.78, 5) is 0. The molecule has 1 unspecified atom stereocenters. The van der Waals surface area contributed by atoms with Gasteiger partial charge in [-0.3, -0.25) is 4.68 Å². The van der Waals surface area contributed by atoms with Gasteiger partial charge < -0.3 is 5.73 Å². The molecule has 0 aliphatic rings. The SMILES string of the molecule is CCc1nn(C)c(CSCC(C)CN)c1Cl. The second kappa shape index (κ2) is 6.52. The molecule has 0 saturated heterocycles. The van der Waals surface area contributed by atoms with Crippen molar-refractivity contribution in [2.45, 2.75) is 26.0 Å². The van der Waals surface area contributed by atoms with Crippen LogP contribution in [0, 0.1) is 5.92 Å². The molecule has 1 aromatic heterocycles. The van der Waals surface area contributed by atoms with E-state index in [-0.39, 0.29) is 0 Å². The maximum Gasteiger partial charge on any atom is 0.0858 e. The van der Waals surface area contributed by atoms with Crippen LogP contribution in [-0.4, -0.2) is 22.1 Å². The molecule has 0 fully saturated rings. The third-order valence-electron chi connectivity index (χ3n) is 2.55. The summed E-state index contributed by atoms with van der Waals surface area (Å²) in [7, 11) is 1.95. The van der Waals surface area contributed by atoms with Crippen LogP contribution >= 0.6 is 23.4 Å². The molecular formula is C11H20ClN3S. The highest BCUT2D eigenvalue weighted by atomic mass is 35.5. The van der Waals surface area contributed by atoms with E-state index in [0.717, 1.165) is 40.9 Å². The summed E-state index contributed by atoms with van der Waals surface area (Å²) in [5.41, 5.74) is 7.69. The van der Waals surface area contributed by atoms with Crippen LogP contribution in [0.2, 0.25) is 5.02 Å². The Hall–Kier alpha value is -0.190. The Kier molecular flexibility index (Phi) is 5.66. The van der Waals surface area contributed by atoms with Gasteiger partial charge in [-0.15, -0.1) is 0 Å². The Morgan fingerprint density at radius 3 is 2.75 bits per heavy atom. The van der Waals surface area contributed by atoms with Crippen molar-refractivity contribution in [2.24, 2.45) is 18.7 Å². The Labute approximate surface area is 107 Å². The number of halogens is 1. The first-order valence-electron chi connectivity index (χ1n) is 5.58. The van der Waals surface area contributed by atoms with Gasteiger partial charge in [0.25, 0.3) is 0 Å². The van der Waals surface area contributed by atoms with Crippen molar-refractivity contribution in [3.8, 4) is 0 Å². The number of hydrogen-bond donors (Lipinski definition) is 1. The van der Waals surface area contributed by atoms with Gasteiger partial charge in [-0.05, 0) is 24.6 Å². The van der Waals surface area contributed by atoms with Gasteiger partial charge in [0.15, 0.2) is 0 Å². The van der Waals surface area contributed by atoms with Crippen molar-refractivity contribution in [1.82, 2.24) is 9.78 Å². The molecule has 2 N–H and O–H groups in total. The Morgan fingerprint density at radius 2 is 2.25 bits per heavy atom. The number of rotatable bonds is 6. The summed E-state index contributed by atoms with van der Waals surface area (Å²) in [6.07, 6.45) is 0.885. The summed E-state index contributed by atoms with van der Waals surface area (Å²) in [5, 5.41) is 5.22. The molecule has 1 atom stereocenters. The average Bonchev–Trinajstić information content (AvgIpc) is 2.55. The largest absolute Gasteiger partial charge is 0.330 e. The molecule has 0 aromatic carbocycles. The van der Waals surface area contributed by atoms with Crippen molar-refractivity contribution in [2.75, 3.05) is 12.3 Å². The number of nitrogens with zero attached hydrogens (tertiary/aromatic N) is 2. The zero-order valence-electron chi connectivity index (χ0n) is 10.2. The van der Waals surface area contributed by atoms with E-state index in [1.54, 1.807) is 0 Å². The summed E-state index contributed by atoms with van der Waals surface area (Å²) in [6, 6.07) is 0. The van der Waals surface area contributed by atoms with Crippen molar-refractivity contribution in [3.05, 3.63) is 16.4 Å². The van der Waals surface area contributed by atoms with E-state index in [4.69, 9.17) is 17.3 Å². The monoisotopic (exact) mass is 261 g/mol. The van der Waals surface area contributed by atoms with Crippen LogP contribution in [0.4, 0.5) is 0 Å². The number of hydrogen-bond acceptors (Lipinski definition) is 3. The van der Waals surface area contributed by atoms with Crippen LogP contribution in [-0.2, 0) is 19.2 Å². The maximum atomic E-state index is 6.26. The average molecular weight is 262 g/mol. The van der Waals surface area contributed by atoms with Crippen LogP contribution in [0.5, 0.6) is 0 Å². The fourth-order valence-corrected chi connectivity index (χ4v) is 3.02. The molecule has 3 nitrogen and oxygen atoms in total. The minimum absolute atomic E-state index is 0.558. The first-order chi connectivity index (χ1) is 7.60. The van der Waals surface area contributed by atoms with Gasteiger partial charge in [0.1, 0.15) is 0 Å². The van der Waals surface area contributed by atoms with Gasteiger partial charge in [-0.2, -0.15) is 16.9 Å². The molecule has 5 heteroatoms.